The van der Waals surface area contributed by atoms with Crippen LogP contribution in [0.4, 0.5) is 0 Å². The molecule has 5 nitrogen and oxygen atoms in total. The van der Waals surface area contributed by atoms with Crippen LogP contribution in [0.3, 0.4) is 0 Å². The van der Waals surface area contributed by atoms with Gasteiger partial charge in [0, 0.05) is 7.05 Å². The normalized spacial score (nSPS) is 12.6. The molecule has 0 fully saturated rings. The maximum Gasteiger partial charge on any atom is 0.320 e. The third kappa shape index (κ3) is 4.47. The van der Waals surface area contributed by atoms with Crippen LogP contribution in [0.1, 0.15) is 13.8 Å². The van der Waals surface area contributed by atoms with Crippen LogP contribution in [-0.4, -0.2) is 36.6 Å². The van der Waals surface area contributed by atoms with Crippen LogP contribution < -0.4 is 10.6 Å². The van der Waals surface area contributed by atoms with Crippen molar-refractivity contribution < 1.29 is 14.7 Å². The number of hydrogen-bond donors (Lipinski definition) is 3. The third-order valence-corrected chi connectivity index (χ3v) is 1.69. The average molecular weight is 188 g/mol. The molecule has 5 heteroatoms. The minimum atomic E-state index is -0.932. The van der Waals surface area contributed by atoms with Gasteiger partial charge in [0.15, 0.2) is 0 Å². The van der Waals surface area contributed by atoms with Gasteiger partial charge in [-0.15, -0.1) is 0 Å². The zero-order valence-corrected chi connectivity index (χ0v) is 8.13. The number of likely N-dealkylation sites (N-methyl/N-ethyl adjacent to an activating group) is 1. The first-order valence-electron chi connectivity index (χ1n) is 4.15. The Bertz CT molecular complexity index is 192. The first kappa shape index (κ1) is 11.9. The maximum atomic E-state index is 10.8. The van der Waals surface area contributed by atoms with Crippen molar-refractivity contribution in [2.24, 2.45) is 5.92 Å². The molecule has 0 aromatic rings. The van der Waals surface area contributed by atoms with Crippen LogP contribution in [0.25, 0.3) is 0 Å². The summed E-state index contributed by atoms with van der Waals surface area (Å²) < 4.78 is 0. The van der Waals surface area contributed by atoms with Gasteiger partial charge < -0.3 is 10.4 Å². The molecule has 0 rings (SSSR count). The van der Waals surface area contributed by atoms with Crippen LogP contribution in [0, 0.1) is 5.92 Å². The minimum absolute atomic E-state index is 0.0334. The highest BCUT2D eigenvalue weighted by molar-refractivity contribution is 5.79. The topological polar surface area (TPSA) is 78.4 Å². The Balaban J connectivity index is 3.97. The summed E-state index contributed by atoms with van der Waals surface area (Å²) in [5, 5.41) is 13.8. The number of aliphatic carboxylic acids is 1. The third-order valence-electron chi connectivity index (χ3n) is 1.69. The number of rotatable bonds is 5. The largest absolute Gasteiger partial charge is 0.480 e. The molecule has 0 radical (unpaired) electrons. The molecule has 0 aliphatic carbocycles. The number of nitrogens with one attached hydrogen (secondary N) is 2. The average Bonchev–Trinajstić information content (AvgIpc) is 2.03. The van der Waals surface area contributed by atoms with Crippen LogP contribution in [-0.2, 0) is 9.59 Å². The van der Waals surface area contributed by atoms with E-state index in [0.717, 1.165) is 0 Å². The molecule has 0 aromatic heterocycles. The molecule has 3 N–H and O–H groups in total. The van der Waals surface area contributed by atoms with Crippen molar-refractivity contribution in [1.29, 1.82) is 0 Å². The van der Waals surface area contributed by atoms with E-state index in [-0.39, 0.29) is 18.4 Å². The number of carbonyl (C=O) groups excluding carboxylic acids is 1. The molecule has 76 valence electrons. The van der Waals surface area contributed by atoms with E-state index in [0.29, 0.717) is 0 Å². The molecule has 1 atom stereocenters. The van der Waals surface area contributed by atoms with E-state index in [1.54, 1.807) is 13.8 Å². The number of carbonyl (C=O) groups is 2. The lowest BCUT2D eigenvalue weighted by atomic mass is 10.1. The van der Waals surface area contributed by atoms with Gasteiger partial charge >= 0.3 is 5.97 Å². The lowest BCUT2D eigenvalue weighted by molar-refractivity contribution is -0.140. The lowest BCUT2D eigenvalue weighted by Crippen LogP contribution is -2.45. The van der Waals surface area contributed by atoms with Crippen molar-refractivity contribution in [2.45, 2.75) is 19.9 Å². The smallest absolute Gasteiger partial charge is 0.320 e. The lowest BCUT2D eigenvalue weighted by Gasteiger charge is -2.16. The Labute approximate surface area is 77.5 Å². The summed E-state index contributed by atoms with van der Waals surface area (Å²) >= 11 is 0. The molecule has 0 bridgehead atoms. The molecule has 0 spiro atoms. The highest BCUT2D eigenvalue weighted by atomic mass is 16.4. The molecule has 0 aliphatic rings. The van der Waals surface area contributed by atoms with Gasteiger partial charge in [-0.05, 0) is 5.92 Å². The number of carboxylic acids is 1. The second kappa shape index (κ2) is 5.53. The van der Waals surface area contributed by atoms with E-state index in [9.17, 15) is 9.59 Å². The van der Waals surface area contributed by atoms with Gasteiger partial charge in [0.05, 0.1) is 6.54 Å². The quantitative estimate of drug-likeness (QED) is 0.540. The fourth-order valence-electron chi connectivity index (χ4n) is 0.899. The highest BCUT2D eigenvalue weighted by Gasteiger charge is 2.20. The number of hydrogen-bond acceptors (Lipinski definition) is 3. The van der Waals surface area contributed by atoms with Crippen molar-refractivity contribution in [3.05, 3.63) is 0 Å². The highest BCUT2D eigenvalue weighted by Crippen LogP contribution is 2.00. The van der Waals surface area contributed by atoms with E-state index >= 15 is 0 Å². The molecule has 1 unspecified atom stereocenters. The molecule has 0 aromatic carbocycles. The molecule has 0 aliphatic heterocycles. The summed E-state index contributed by atoms with van der Waals surface area (Å²) in [6.07, 6.45) is 0. The van der Waals surface area contributed by atoms with E-state index in [1.807, 2.05) is 0 Å². The van der Waals surface area contributed by atoms with Crippen molar-refractivity contribution in [3.8, 4) is 0 Å². The minimum Gasteiger partial charge on any atom is -0.480 e. The van der Waals surface area contributed by atoms with Crippen LogP contribution in [0.2, 0.25) is 0 Å². The molecule has 0 saturated heterocycles. The van der Waals surface area contributed by atoms with Gasteiger partial charge in [-0.25, -0.2) is 0 Å². The van der Waals surface area contributed by atoms with Crippen molar-refractivity contribution >= 4 is 11.9 Å². The van der Waals surface area contributed by atoms with Gasteiger partial charge in [0.25, 0.3) is 0 Å². The summed E-state index contributed by atoms with van der Waals surface area (Å²) in [6.45, 7) is 3.61. The van der Waals surface area contributed by atoms with E-state index in [1.165, 1.54) is 7.05 Å². The Morgan fingerprint density at radius 1 is 1.38 bits per heavy atom. The Morgan fingerprint density at radius 2 is 1.92 bits per heavy atom. The SMILES string of the molecule is CNC(=O)CNC(C(=O)O)C(C)C. The molecular formula is C8H16N2O3. The summed E-state index contributed by atoms with van der Waals surface area (Å²) in [4.78, 5) is 21.4. The molecular weight excluding hydrogens is 172 g/mol. The summed E-state index contributed by atoms with van der Waals surface area (Å²) in [7, 11) is 1.51. The summed E-state index contributed by atoms with van der Waals surface area (Å²) in [5.41, 5.74) is 0. The van der Waals surface area contributed by atoms with Gasteiger partial charge in [-0.1, -0.05) is 13.8 Å². The van der Waals surface area contributed by atoms with Crippen molar-refractivity contribution in [1.82, 2.24) is 10.6 Å². The van der Waals surface area contributed by atoms with Gasteiger partial charge in [-0.3, -0.25) is 14.9 Å². The fourth-order valence-corrected chi connectivity index (χ4v) is 0.899. The first-order valence-corrected chi connectivity index (χ1v) is 4.15. The van der Waals surface area contributed by atoms with E-state index in [4.69, 9.17) is 5.11 Å². The molecule has 1 amide bonds. The summed E-state index contributed by atoms with van der Waals surface area (Å²) in [5.74, 6) is -1.19. The van der Waals surface area contributed by atoms with Gasteiger partial charge in [0.2, 0.25) is 5.91 Å². The molecule has 0 saturated carbocycles. The second-order valence-corrected chi connectivity index (χ2v) is 3.11. The Kier molecular flexibility index (Phi) is 5.06. The van der Waals surface area contributed by atoms with Crippen molar-refractivity contribution in [3.63, 3.8) is 0 Å². The molecule has 13 heavy (non-hydrogen) atoms. The first-order chi connectivity index (χ1) is 5.99. The number of amides is 1. The van der Waals surface area contributed by atoms with E-state index < -0.39 is 12.0 Å². The van der Waals surface area contributed by atoms with Crippen LogP contribution >= 0.6 is 0 Å². The van der Waals surface area contributed by atoms with Gasteiger partial charge in [-0.2, -0.15) is 0 Å². The standard InChI is InChI=1S/C8H16N2O3/c1-5(2)7(8(12)13)10-4-6(11)9-3/h5,7,10H,4H2,1-3H3,(H,9,11)(H,12,13). The Morgan fingerprint density at radius 3 is 2.23 bits per heavy atom. The summed E-state index contributed by atoms with van der Waals surface area (Å²) in [6, 6.07) is -0.669. The second-order valence-electron chi connectivity index (χ2n) is 3.11. The fraction of sp³-hybridized carbons (Fsp3) is 0.750. The maximum absolute atomic E-state index is 10.8. The van der Waals surface area contributed by atoms with Crippen LogP contribution in [0.15, 0.2) is 0 Å². The predicted octanol–water partition coefficient (Wildman–Crippen LogP) is -0.569. The van der Waals surface area contributed by atoms with E-state index in [2.05, 4.69) is 10.6 Å². The molecule has 0 heterocycles. The van der Waals surface area contributed by atoms with Gasteiger partial charge in [0.1, 0.15) is 6.04 Å². The Hall–Kier alpha value is -1.10. The zero-order valence-electron chi connectivity index (χ0n) is 8.13. The predicted molar refractivity (Wildman–Crippen MR) is 48.3 cm³/mol. The zero-order chi connectivity index (χ0) is 10.4. The monoisotopic (exact) mass is 188 g/mol. The van der Waals surface area contributed by atoms with Crippen LogP contribution in [0.5, 0.6) is 0 Å². The van der Waals surface area contributed by atoms with Crippen molar-refractivity contribution in [2.75, 3.05) is 13.6 Å². The number of carboxylic acid groups (broad SMARTS) is 1.